The molecule has 0 aromatic rings. The molecule has 1 atom stereocenters. The molecule has 0 saturated carbocycles. The first-order chi connectivity index (χ1) is 6.74. The highest BCUT2D eigenvalue weighted by Gasteiger charge is 2.09. The van der Waals surface area contributed by atoms with Crippen LogP contribution in [0.25, 0.3) is 0 Å². The minimum atomic E-state index is -0.799. The Hall–Kier alpha value is -1.14. The third-order valence-electron chi connectivity index (χ3n) is 1.76. The molecule has 5 nitrogen and oxygen atoms in total. The third-order valence-corrected chi connectivity index (χ3v) is 1.76. The first-order valence-electron chi connectivity index (χ1n) is 4.49. The Kier molecular flexibility index (Phi) is 7.77. The Labute approximate surface area is 83.8 Å². The Balaban J connectivity index is 3.85. The van der Waals surface area contributed by atoms with Crippen molar-refractivity contribution in [2.24, 2.45) is 0 Å². The van der Waals surface area contributed by atoms with Crippen molar-refractivity contribution < 1.29 is 10.2 Å². The van der Waals surface area contributed by atoms with Gasteiger partial charge < -0.3 is 10.2 Å². The molecule has 0 radical (unpaired) electrons. The van der Waals surface area contributed by atoms with Crippen molar-refractivity contribution in [2.45, 2.75) is 18.9 Å². The number of hydrogen-bond acceptors (Lipinski definition) is 5. The topological polar surface area (TPSA) is 91.3 Å². The maximum atomic E-state index is 9.17. The Morgan fingerprint density at radius 1 is 1.14 bits per heavy atom. The van der Waals surface area contributed by atoms with Crippen molar-refractivity contribution in [1.29, 1.82) is 10.5 Å². The first-order valence-corrected chi connectivity index (χ1v) is 4.49. The van der Waals surface area contributed by atoms with Crippen LogP contribution in [0.2, 0.25) is 0 Å². The number of aliphatic hydroxyl groups is 2. The van der Waals surface area contributed by atoms with Crippen LogP contribution in [-0.2, 0) is 0 Å². The summed E-state index contributed by atoms with van der Waals surface area (Å²) in [5, 5.41) is 34.6. The molecule has 0 amide bonds. The zero-order chi connectivity index (χ0) is 10.8. The van der Waals surface area contributed by atoms with E-state index in [1.165, 1.54) is 0 Å². The molecule has 0 heterocycles. The van der Waals surface area contributed by atoms with Crippen molar-refractivity contribution in [2.75, 3.05) is 26.2 Å². The predicted molar refractivity (Wildman–Crippen MR) is 50.0 cm³/mol. The van der Waals surface area contributed by atoms with Crippen LogP contribution >= 0.6 is 0 Å². The van der Waals surface area contributed by atoms with Gasteiger partial charge in [-0.15, -0.1) is 0 Å². The van der Waals surface area contributed by atoms with Crippen LogP contribution in [-0.4, -0.2) is 47.5 Å². The average Bonchev–Trinajstić information content (AvgIpc) is 2.21. The van der Waals surface area contributed by atoms with E-state index in [9.17, 15) is 0 Å². The van der Waals surface area contributed by atoms with Crippen molar-refractivity contribution >= 4 is 0 Å². The second kappa shape index (κ2) is 8.46. The molecule has 2 N–H and O–H groups in total. The highest BCUT2D eigenvalue weighted by Crippen LogP contribution is 1.96. The van der Waals surface area contributed by atoms with Crippen LogP contribution in [0, 0.1) is 22.7 Å². The van der Waals surface area contributed by atoms with Crippen LogP contribution in [0.4, 0.5) is 0 Å². The van der Waals surface area contributed by atoms with Gasteiger partial charge in [0.2, 0.25) is 0 Å². The van der Waals surface area contributed by atoms with Crippen LogP contribution < -0.4 is 0 Å². The minimum absolute atomic E-state index is 0.296. The third kappa shape index (κ3) is 6.38. The van der Waals surface area contributed by atoms with Crippen LogP contribution in [0.3, 0.4) is 0 Å². The van der Waals surface area contributed by atoms with Crippen molar-refractivity contribution in [3.8, 4) is 12.1 Å². The molecule has 0 aliphatic rings. The molecule has 0 aromatic carbocycles. The summed E-state index contributed by atoms with van der Waals surface area (Å²) in [6.45, 7) is 1.06. The van der Waals surface area contributed by atoms with Gasteiger partial charge in [-0.1, -0.05) is 0 Å². The SMILES string of the molecule is N#CCCN(CCC#N)CC(O)CO. The van der Waals surface area contributed by atoms with E-state index in [0.29, 0.717) is 32.5 Å². The lowest BCUT2D eigenvalue weighted by atomic mass is 10.3. The lowest BCUT2D eigenvalue weighted by Gasteiger charge is -2.21. The molecule has 5 heteroatoms. The smallest absolute Gasteiger partial charge is 0.0897 e. The van der Waals surface area contributed by atoms with E-state index in [0.717, 1.165) is 0 Å². The van der Waals surface area contributed by atoms with Gasteiger partial charge in [-0.2, -0.15) is 10.5 Å². The summed E-state index contributed by atoms with van der Waals surface area (Å²) in [6.07, 6.45) is -0.0694. The molecule has 0 aliphatic carbocycles. The van der Waals surface area contributed by atoms with Crippen LogP contribution in [0.1, 0.15) is 12.8 Å². The van der Waals surface area contributed by atoms with Gasteiger partial charge >= 0.3 is 0 Å². The summed E-state index contributed by atoms with van der Waals surface area (Å²) < 4.78 is 0. The van der Waals surface area contributed by atoms with E-state index in [1.807, 2.05) is 12.1 Å². The zero-order valence-corrected chi connectivity index (χ0v) is 8.06. The molecule has 0 aliphatic heterocycles. The molecular weight excluding hydrogens is 182 g/mol. The van der Waals surface area contributed by atoms with E-state index in [4.69, 9.17) is 20.7 Å². The predicted octanol–water partition coefficient (Wildman–Crippen LogP) is -0.531. The number of nitrogens with zero attached hydrogens (tertiary/aromatic N) is 3. The minimum Gasteiger partial charge on any atom is -0.394 e. The fourth-order valence-corrected chi connectivity index (χ4v) is 1.07. The van der Waals surface area contributed by atoms with E-state index in [-0.39, 0.29) is 6.61 Å². The number of hydrogen-bond donors (Lipinski definition) is 2. The van der Waals surface area contributed by atoms with E-state index in [1.54, 1.807) is 4.90 Å². The lowest BCUT2D eigenvalue weighted by molar-refractivity contribution is 0.0603. The summed E-state index contributed by atoms with van der Waals surface area (Å²) in [7, 11) is 0. The van der Waals surface area contributed by atoms with Gasteiger partial charge in [-0.3, -0.25) is 4.90 Å². The summed E-state index contributed by atoms with van der Waals surface area (Å²) in [6, 6.07) is 3.99. The number of aliphatic hydroxyl groups excluding tert-OH is 2. The Bertz CT molecular complexity index is 201. The Morgan fingerprint density at radius 2 is 1.64 bits per heavy atom. The number of rotatable bonds is 7. The van der Waals surface area contributed by atoms with Gasteiger partial charge in [0.15, 0.2) is 0 Å². The second-order valence-corrected chi connectivity index (χ2v) is 2.95. The normalized spacial score (nSPS) is 12.1. The quantitative estimate of drug-likeness (QED) is 0.572. The molecule has 0 bridgehead atoms. The molecular formula is C9H15N3O2. The molecule has 0 aromatic heterocycles. The molecule has 1 unspecified atom stereocenters. The molecule has 0 fully saturated rings. The molecule has 0 spiro atoms. The van der Waals surface area contributed by atoms with Gasteiger partial charge in [0.25, 0.3) is 0 Å². The lowest BCUT2D eigenvalue weighted by Crippen LogP contribution is -2.35. The van der Waals surface area contributed by atoms with Crippen molar-refractivity contribution in [3.63, 3.8) is 0 Å². The fourth-order valence-electron chi connectivity index (χ4n) is 1.07. The molecule has 0 rings (SSSR count). The summed E-state index contributed by atoms with van der Waals surface area (Å²) >= 11 is 0. The second-order valence-electron chi connectivity index (χ2n) is 2.95. The summed E-state index contributed by atoms with van der Waals surface area (Å²) in [4.78, 5) is 1.80. The molecule has 78 valence electrons. The number of nitriles is 2. The highest BCUT2D eigenvalue weighted by atomic mass is 16.3. The summed E-state index contributed by atoms with van der Waals surface area (Å²) in [5.74, 6) is 0. The monoisotopic (exact) mass is 197 g/mol. The largest absolute Gasteiger partial charge is 0.394 e. The average molecular weight is 197 g/mol. The van der Waals surface area contributed by atoms with Crippen LogP contribution in [0.5, 0.6) is 0 Å². The van der Waals surface area contributed by atoms with Gasteiger partial charge in [-0.25, -0.2) is 0 Å². The fraction of sp³-hybridized carbons (Fsp3) is 0.778. The van der Waals surface area contributed by atoms with Gasteiger partial charge in [0.1, 0.15) is 0 Å². The highest BCUT2D eigenvalue weighted by molar-refractivity contribution is 4.77. The van der Waals surface area contributed by atoms with E-state index in [2.05, 4.69) is 0 Å². The standard InChI is InChI=1S/C9H15N3O2/c10-3-1-5-12(6-2-4-11)7-9(14)8-13/h9,13-14H,1-2,5-8H2. The maximum Gasteiger partial charge on any atom is 0.0897 e. The zero-order valence-electron chi connectivity index (χ0n) is 8.06. The van der Waals surface area contributed by atoms with Gasteiger partial charge in [0, 0.05) is 32.5 Å². The van der Waals surface area contributed by atoms with Gasteiger partial charge in [-0.05, 0) is 0 Å². The molecule has 14 heavy (non-hydrogen) atoms. The van der Waals surface area contributed by atoms with Gasteiger partial charge in [0.05, 0.1) is 24.8 Å². The van der Waals surface area contributed by atoms with Crippen LogP contribution in [0.15, 0.2) is 0 Å². The molecule has 0 saturated heterocycles. The van der Waals surface area contributed by atoms with E-state index < -0.39 is 6.10 Å². The first kappa shape index (κ1) is 12.9. The van der Waals surface area contributed by atoms with E-state index >= 15 is 0 Å². The Morgan fingerprint density at radius 3 is 2.00 bits per heavy atom. The summed E-state index contributed by atoms with van der Waals surface area (Å²) in [5.41, 5.74) is 0. The van der Waals surface area contributed by atoms with Crippen molar-refractivity contribution in [1.82, 2.24) is 4.90 Å². The maximum absolute atomic E-state index is 9.17. The van der Waals surface area contributed by atoms with Crippen molar-refractivity contribution in [3.05, 3.63) is 0 Å².